The van der Waals surface area contributed by atoms with E-state index in [1.54, 1.807) is 0 Å². The number of hydrogen-bond donors (Lipinski definition) is 2. The molecule has 1 saturated carbocycles. The Labute approximate surface area is 101 Å². The Hall–Kier alpha value is -0.0800. The summed E-state index contributed by atoms with van der Waals surface area (Å²) in [5, 5.41) is 13.5. The van der Waals surface area contributed by atoms with E-state index in [0.29, 0.717) is 0 Å². The van der Waals surface area contributed by atoms with Gasteiger partial charge in [-0.15, -0.1) is 0 Å². The summed E-state index contributed by atoms with van der Waals surface area (Å²) in [4.78, 5) is 0. The lowest BCUT2D eigenvalue weighted by molar-refractivity contribution is -0.0278. The van der Waals surface area contributed by atoms with Crippen LogP contribution in [0.4, 0.5) is 0 Å². The topological polar surface area (TPSA) is 32.3 Å². The van der Waals surface area contributed by atoms with Gasteiger partial charge in [0.15, 0.2) is 0 Å². The molecule has 1 fully saturated rings. The molecule has 96 valence electrons. The van der Waals surface area contributed by atoms with E-state index in [1.165, 1.54) is 57.8 Å². The van der Waals surface area contributed by atoms with Gasteiger partial charge in [0.05, 0.1) is 0 Å². The number of aliphatic hydroxyl groups is 1. The predicted octanol–water partition coefficient (Wildman–Crippen LogP) is 3.59. The molecule has 2 nitrogen and oxygen atoms in total. The third-order valence-electron chi connectivity index (χ3n) is 3.67. The fourth-order valence-corrected chi connectivity index (χ4v) is 2.54. The summed E-state index contributed by atoms with van der Waals surface area (Å²) in [5.74, 6) is 0. The van der Waals surface area contributed by atoms with Crippen LogP contribution in [0.1, 0.15) is 77.6 Å². The van der Waals surface area contributed by atoms with Crippen molar-refractivity contribution in [3.63, 3.8) is 0 Å². The molecule has 0 saturated heterocycles. The maximum atomic E-state index is 10.2. The number of nitrogens with one attached hydrogen (secondary N) is 1. The predicted molar refractivity (Wildman–Crippen MR) is 69.4 cm³/mol. The molecule has 0 aliphatic heterocycles. The van der Waals surface area contributed by atoms with Crippen molar-refractivity contribution in [1.29, 1.82) is 0 Å². The maximum Gasteiger partial charge on any atom is 0.116 e. The molecule has 1 aliphatic carbocycles. The van der Waals surface area contributed by atoms with Crippen LogP contribution in [-0.2, 0) is 0 Å². The van der Waals surface area contributed by atoms with E-state index in [9.17, 15) is 5.11 Å². The first-order chi connectivity index (χ1) is 7.77. The smallest absolute Gasteiger partial charge is 0.116 e. The van der Waals surface area contributed by atoms with Gasteiger partial charge < -0.3 is 5.11 Å². The van der Waals surface area contributed by atoms with Crippen molar-refractivity contribution in [2.75, 3.05) is 6.54 Å². The summed E-state index contributed by atoms with van der Waals surface area (Å²) in [6, 6.07) is 0. The first-order valence-corrected chi connectivity index (χ1v) is 7.24. The summed E-state index contributed by atoms with van der Waals surface area (Å²) in [6.45, 7) is 3.24. The minimum atomic E-state index is -0.526. The molecule has 0 spiro atoms. The molecule has 16 heavy (non-hydrogen) atoms. The lowest BCUT2D eigenvalue weighted by Gasteiger charge is -2.33. The first-order valence-electron chi connectivity index (χ1n) is 7.24. The highest BCUT2D eigenvalue weighted by Crippen LogP contribution is 2.25. The molecular weight excluding hydrogens is 198 g/mol. The van der Waals surface area contributed by atoms with Crippen molar-refractivity contribution in [2.24, 2.45) is 0 Å². The Kier molecular flexibility index (Phi) is 7.06. The van der Waals surface area contributed by atoms with Crippen LogP contribution < -0.4 is 5.32 Å². The van der Waals surface area contributed by atoms with Gasteiger partial charge in [-0.05, 0) is 38.6 Å². The van der Waals surface area contributed by atoms with Gasteiger partial charge in [0.1, 0.15) is 5.72 Å². The SMILES string of the molecule is CCCCCCCCNC1(O)CCCCC1. The van der Waals surface area contributed by atoms with E-state index in [1.807, 2.05) is 0 Å². The zero-order chi connectivity index (χ0) is 11.7. The van der Waals surface area contributed by atoms with Crippen molar-refractivity contribution in [3.05, 3.63) is 0 Å². The molecule has 2 heteroatoms. The van der Waals surface area contributed by atoms with Crippen molar-refractivity contribution >= 4 is 0 Å². The molecule has 1 rings (SSSR count). The van der Waals surface area contributed by atoms with Crippen LogP contribution >= 0.6 is 0 Å². The number of rotatable bonds is 8. The van der Waals surface area contributed by atoms with Gasteiger partial charge >= 0.3 is 0 Å². The van der Waals surface area contributed by atoms with E-state index < -0.39 is 5.72 Å². The van der Waals surface area contributed by atoms with E-state index in [4.69, 9.17) is 0 Å². The molecule has 0 unspecified atom stereocenters. The Morgan fingerprint density at radius 2 is 1.56 bits per heavy atom. The lowest BCUT2D eigenvalue weighted by Crippen LogP contribution is -2.46. The van der Waals surface area contributed by atoms with Gasteiger partial charge in [-0.1, -0.05) is 45.4 Å². The maximum absolute atomic E-state index is 10.2. The van der Waals surface area contributed by atoms with Crippen LogP contribution in [0.2, 0.25) is 0 Å². The quantitative estimate of drug-likeness (QED) is 0.490. The molecule has 0 aromatic rings. The van der Waals surface area contributed by atoms with E-state index >= 15 is 0 Å². The highest BCUT2D eigenvalue weighted by Gasteiger charge is 2.27. The van der Waals surface area contributed by atoms with Crippen LogP contribution in [0.15, 0.2) is 0 Å². The second-order valence-corrected chi connectivity index (χ2v) is 5.29. The summed E-state index contributed by atoms with van der Waals surface area (Å²) in [5.41, 5.74) is -0.526. The normalized spacial score (nSPS) is 19.9. The summed E-state index contributed by atoms with van der Waals surface area (Å²) in [6.07, 6.45) is 13.5. The summed E-state index contributed by atoms with van der Waals surface area (Å²) < 4.78 is 0. The minimum absolute atomic E-state index is 0.526. The van der Waals surface area contributed by atoms with Crippen LogP contribution in [0.5, 0.6) is 0 Å². The van der Waals surface area contributed by atoms with Crippen LogP contribution in [0.3, 0.4) is 0 Å². The highest BCUT2D eigenvalue weighted by molar-refractivity contribution is 4.79. The first kappa shape index (κ1) is 14.0. The fourth-order valence-electron chi connectivity index (χ4n) is 2.54. The molecule has 1 aliphatic rings. The van der Waals surface area contributed by atoms with Crippen molar-refractivity contribution in [2.45, 2.75) is 83.3 Å². The second-order valence-electron chi connectivity index (χ2n) is 5.29. The molecule has 0 heterocycles. The van der Waals surface area contributed by atoms with E-state index in [-0.39, 0.29) is 0 Å². The van der Waals surface area contributed by atoms with Gasteiger partial charge in [-0.25, -0.2) is 0 Å². The zero-order valence-corrected chi connectivity index (χ0v) is 10.9. The van der Waals surface area contributed by atoms with Crippen molar-refractivity contribution < 1.29 is 5.11 Å². The Morgan fingerprint density at radius 3 is 2.25 bits per heavy atom. The third-order valence-corrected chi connectivity index (χ3v) is 3.67. The molecule has 2 N–H and O–H groups in total. The van der Waals surface area contributed by atoms with Crippen LogP contribution in [-0.4, -0.2) is 17.4 Å². The molecule has 0 aromatic carbocycles. The molecule has 0 bridgehead atoms. The van der Waals surface area contributed by atoms with E-state index in [2.05, 4.69) is 12.2 Å². The van der Waals surface area contributed by atoms with E-state index in [0.717, 1.165) is 19.4 Å². The number of unbranched alkanes of at least 4 members (excludes halogenated alkanes) is 5. The average Bonchev–Trinajstić information content (AvgIpc) is 2.29. The second kappa shape index (κ2) is 8.08. The Morgan fingerprint density at radius 1 is 0.938 bits per heavy atom. The molecule has 0 amide bonds. The van der Waals surface area contributed by atoms with Gasteiger partial charge in [0.2, 0.25) is 0 Å². The molecule has 0 radical (unpaired) electrons. The van der Waals surface area contributed by atoms with Crippen molar-refractivity contribution in [3.8, 4) is 0 Å². The Balaban J connectivity index is 1.93. The molecule has 0 aromatic heterocycles. The molecular formula is C14H29NO. The highest BCUT2D eigenvalue weighted by atomic mass is 16.3. The summed E-state index contributed by atoms with van der Waals surface area (Å²) in [7, 11) is 0. The van der Waals surface area contributed by atoms with Crippen LogP contribution in [0.25, 0.3) is 0 Å². The molecule has 0 atom stereocenters. The van der Waals surface area contributed by atoms with Gasteiger partial charge in [-0.2, -0.15) is 0 Å². The van der Waals surface area contributed by atoms with Gasteiger partial charge in [0.25, 0.3) is 0 Å². The fraction of sp³-hybridized carbons (Fsp3) is 1.00. The average molecular weight is 227 g/mol. The van der Waals surface area contributed by atoms with Crippen LogP contribution in [0, 0.1) is 0 Å². The monoisotopic (exact) mass is 227 g/mol. The lowest BCUT2D eigenvalue weighted by atomic mass is 9.91. The minimum Gasteiger partial charge on any atom is -0.376 e. The van der Waals surface area contributed by atoms with Gasteiger partial charge in [0, 0.05) is 0 Å². The van der Waals surface area contributed by atoms with Crippen molar-refractivity contribution in [1.82, 2.24) is 5.32 Å². The Bertz CT molecular complexity index is 164. The zero-order valence-electron chi connectivity index (χ0n) is 10.9. The standard InChI is InChI=1S/C14H29NO/c1-2-3-4-5-6-10-13-15-14(16)11-8-7-9-12-14/h15-16H,2-13H2,1H3. The number of hydrogen-bond acceptors (Lipinski definition) is 2. The summed E-state index contributed by atoms with van der Waals surface area (Å²) >= 11 is 0. The largest absolute Gasteiger partial charge is 0.376 e. The third kappa shape index (κ3) is 5.86. The van der Waals surface area contributed by atoms with Gasteiger partial charge in [-0.3, -0.25) is 5.32 Å².